The summed E-state index contributed by atoms with van der Waals surface area (Å²) >= 11 is 0. The SMILES string of the molecule is C[C@@H]1C2CC(CC2C2CC2)N1C. The summed E-state index contributed by atoms with van der Waals surface area (Å²) in [5.74, 6) is 3.34. The average molecular weight is 165 g/mol. The summed E-state index contributed by atoms with van der Waals surface area (Å²) in [6.45, 7) is 2.43. The molecule has 0 aromatic rings. The number of nitrogens with zero attached hydrogens (tertiary/aromatic N) is 1. The van der Waals surface area contributed by atoms with Gasteiger partial charge in [-0.1, -0.05) is 0 Å². The van der Waals surface area contributed by atoms with Crippen molar-refractivity contribution in [2.75, 3.05) is 7.05 Å². The molecule has 12 heavy (non-hydrogen) atoms. The minimum Gasteiger partial charge on any atom is -0.300 e. The summed E-state index contributed by atoms with van der Waals surface area (Å²) in [7, 11) is 2.32. The molecule has 1 saturated heterocycles. The second kappa shape index (κ2) is 2.25. The lowest BCUT2D eigenvalue weighted by Crippen LogP contribution is -2.39. The first-order chi connectivity index (χ1) is 5.77. The molecular formula is C11H19N. The van der Waals surface area contributed by atoms with Gasteiger partial charge in [-0.25, -0.2) is 0 Å². The van der Waals surface area contributed by atoms with Crippen molar-refractivity contribution in [1.82, 2.24) is 4.90 Å². The molecule has 3 unspecified atom stereocenters. The van der Waals surface area contributed by atoms with Crippen LogP contribution in [0.15, 0.2) is 0 Å². The monoisotopic (exact) mass is 165 g/mol. The molecule has 2 aliphatic carbocycles. The first kappa shape index (κ1) is 7.37. The Balaban J connectivity index is 1.79. The molecule has 68 valence electrons. The lowest BCUT2D eigenvalue weighted by molar-refractivity contribution is 0.133. The topological polar surface area (TPSA) is 3.24 Å². The van der Waals surface area contributed by atoms with E-state index in [0.29, 0.717) is 0 Å². The van der Waals surface area contributed by atoms with E-state index in [4.69, 9.17) is 0 Å². The van der Waals surface area contributed by atoms with Crippen LogP contribution in [0, 0.1) is 17.8 Å². The molecule has 0 amide bonds. The van der Waals surface area contributed by atoms with Gasteiger partial charge in [0.2, 0.25) is 0 Å². The Bertz CT molecular complexity index is 195. The van der Waals surface area contributed by atoms with Crippen molar-refractivity contribution in [3.63, 3.8) is 0 Å². The summed E-state index contributed by atoms with van der Waals surface area (Å²) in [5.41, 5.74) is 0. The summed E-state index contributed by atoms with van der Waals surface area (Å²) in [6, 6.07) is 1.84. The van der Waals surface area contributed by atoms with Crippen molar-refractivity contribution >= 4 is 0 Å². The van der Waals surface area contributed by atoms with Gasteiger partial charge in [-0.3, -0.25) is 0 Å². The Morgan fingerprint density at radius 1 is 1.08 bits per heavy atom. The van der Waals surface area contributed by atoms with E-state index < -0.39 is 0 Å². The van der Waals surface area contributed by atoms with Crippen molar-refractivity contribution in [2.45, 2.75) is 44.7 Å². The van der Waals surface area contributed by atoms with Crippen LogP contribution in [0.3, 0.4) is 0 Å². The Hall–Kier alpha value is -0.0400. The Morgan fingerprint density at radius 2 is 1.75 bits per heavy atom. The fourth-order valence-electron chi connectivity index (χ4n) is 3.66. The standard InChI is InChI=1S/C11H19N/c1-7-10-5-9(12(7)2)6-11(10)8-3-4-8/h7-11H,3-6H2,1-2H3/t7-,9?,10?,11?/m1/s1. The zero-order valence-electron chi connectivity index (χ0n) is 8.16. The van der Waals surface area contributed by atoms with Crippen molar-refractivity contribution in [1.29, 1.82) is 0 Å². The van der Waals surface area contributed by atoms with E-state index in [1.54, 1.807) is 12.8 Å². The number of piperidine rings is 1. The molecule has 4 atom stereocenters. The van der Waals surface area contributed by atoms with E-state index in [0.717, 1.165) is 29.8 Å². The molecule has 0 N–H and O–H groups in total. The van der Waals surface area contributed by atoms with Gasteiger partial charge >= 0.3 is 0 Å². The van der Waals surface area contributed by atoms with E-state index in [1.807, 2.05) is 0 Å². The summed E-state index contributed by atoms with van der Waals surface area (Å²) in [5, 5.41) is 0. The Morgan fingerprint density at radius 3 is 2.25 bits per heavy atom. The van der Waals surface area contributed by atoms with Gasteiger partial charge in [0, 0.05) is 12.1 Å². The highest BCUT2D eigenvalue weighted by Gasteiger charge is 2.51. The van der Waals surface area contributed by atoms with Gasteiger partial charge in [-0.2, -0.15) is 0 Å². The second-order valence-corrected chi connectivity index (χ2v) is 5.20. The Labute approximate surface area is 75.1 Å². The van der Waals surface area contributed by atoms with Crippen LogP contribution in [-0.4, -0.2) is 24.0 Å². The van der Waals surface area contributed by atoms with Gasteiger partial charge in [-0.15, -0.1) is 0 Å². The van der Waals surface area contributed by atoms with Gasteiger partial charge in [0.25, 0.3) is 0 Å². The largest absolute Gasteiger partial charge is 0.300 e. The van der Waals surface area contributed by atoms with Gasteiger partial charge in [-0.05, 0) is 57.4 Å². The van der Waals surface area contributed by atoms with Crippen molar-refractivity contribution in [3.8, 4) is 0 Å². The number of hydrogen-bond acceptors (Lipinski definition) is 1. The molecule has 0 spiro atoms. The lowest BCUT2D eigenvalue weighted by Gasteiger charge is -2.34. The molecule has 3 aliphatic rings. The van der Waals surface area contributed by atoms with E-state index in [9.17, 15) is 0 Å². The van der Waals surface area contributed by atoms with Crippen LogP contribution in [0.4, 0.5) is 0 Å². The summed E-state index contributed by atoms with van der Waals surface area (Å²) in [6.07, 6.45) is 6.13. The highest BCUT2D eigenvalue weighted by atomic mass is 15.2. The zero-order chi connectivity index (χ0) is 8.29. The van der Waals surface area contributed by atoms with Crippen LogP contribution in [0.1, 0.15) is 32.6 Å². The van der Waals surface area contributed by atoms with Crippen LogP contribution < -0.4 is 0 Å². The number of rotatable bonds is 1. The highest BCUT2D eigenvalue weighted by molar-refractivity contribution is 5.04. The fourth-order valence-corrected chi connectivity index (χ4v) is 3.66. The number of likely N-dealkylation sites (tertiary alicyclic amines) is 1. The second-order valence-electron chi connectivity index (χ2n) is 5.20. The van der Waals surface area contributed by atoms with Crippen LogP contribution >= 0.6 is 0 Å². The maximum absolute atomic E-state index is 2.61. The van der Waals surface area contributed by atoms with E-state index in [2.05, 4.69) is 18.9 Å². The number of hydrogen-bond donors (Lipinski definition) is 0. The molecule has 3 fully saturated rings. The minimum absolute atomic E-state index is 0.884. The third kappa shape index (κ3) is 0.834. The van der Waals surface area contributed by atoms with E-state index >= 15 is 0 Å². The quantitative estimate of drug-likeness (QED) is 0.575. The van der Waals surface area contributed by atoms with Gasteiger partial charge in [0.1, 0.15) is 0 Å². The molecule has 1 heterocycles. The van der Waals surface area contributed by atoms with Crippen LogP contribution in [0.2, 0.25) is 0 Å². The summed E-state index contributed by atoms with van der Waals surface area (Å²) in [4.78, 5) is 2.61. The maximum Gasteiger partial charge on any atom is 0.0101 e. The van der Waals surface area contributed by atoms with Gasteiger partial charge < -0.3 is 4.90 Å². The maximum atomic E-state index is 2.61. The van der Waals surface area contributed by atoms with E-state index in [-0.39, 0.29) is 0 Å². The molecule has 0 aromatic heterocycles. The molecule has 1 heteroatoms. The van der Waals surface area contributed by atoms with Gasteiger partial charge in [0.05, 0.1) is 0 Å². The van der Waals surface area contributed by atoms with Crippen LogP contribution in [-0.2, 0) is 0 Å². The predicted octanol–water partition coefficient (Wildman–Crippen LogP) is 2.13. The number of fused-ring (bicyclic) bond motifs is 2. The van der Waals surface area contributed by atoms with Gasteiger partial charge in [0.15, 0.2) is 0 Å². The Kier molecular flexibility index (Phi) is 1.39. The lowest BCUT2D eigenvalue weighted by atomic mass is 9.85. The average Bonchev–Trinajstić information content (AvgIpc) is 2.77. The normalized spacial score (nSPS) is 53.5. The smallest absolute Gasteiger partial charge is 0.0101 e. The van der Waals surface area contributed by atoms with E-state index in [1.165, 1.54) is 12.8 Å². The molecule has 0 aromatic carbocycles. The third-order valence-electron chi connectivity index (χ3n) is 4.70. The van der Waals surface area contributed by atoms with Crippen LogP contribution in [0.25, 0.3) is 0 Å². The molecule has 2 saturated carbocycles. The molecular weight excluding hydrogens is 146 g/mol. The first-order valence-corrected chi connectivity index (χ1v) is 5.49. The highest BCUT2D eigenvalue weighted by Crippen LogP contribution is 2.54. The van der Waals surface area contributed by atoms with Crippen LogP contribution in [0.5, 0.6) is 0 Å². The molecule has 3 rings (SSSR count). The predicted molar refractivity (Wildman–Crippen MR) is 50.0 cm³/mol. The summed E-state index contributed by atoms with van der Waals surface area (Å²) < 4.78 is 0. The molecule has 2 bridgehead atoms. The fraction of sp³-hybridized carbons (Fsp3) is 1.00. The first-order valence-electron chi connectivity index (χ1n) is 5.49. The van der Waals surface area contributed by atoms with Crippen molar-refractivity contribution < 1.29 is 0 Å². The van der Waals surface area contributed by atoms with Crippen molar-refractivity contribution in [3.05, 3.63) is 0 Å². The molecule has 1 aliphatic heterocycles. The zero-order valence-corrected chi connectivity index (χ0v) is 8.16. The third-order valence-corrected chi connectivity index (χ3v) is 4.70. The van der Waals surface area contributed by atoms with Crippen molar-refractivity contribution in [2.24, 2.45) is 17.8 Å². The molecule has 1 nitrogen and oxygen atoms in total. The molecule has 0 radical (unpaired) electrons. The minimum atomic E-state index is 0.884.